The van der Waals surface area contributed by atoms with E-state index in [1.807, 2.05) is 0 Å². The van der Waals surface area contributed by atoms with E-state index < -0.39 is 0 Å². The molecule has 1 saturated heterocycles. The summed E-state index contributed by atoms with van der Waals surface area (Å²) in [6, 6.07) is 8.69. The summed E-state index contributed by atoms with van der Waals surface area (Å²) in [6.45, 7) is 6.60. The lowest BCUT2D eigenvalue weighted by Crippen LogP contribution is -2.43. The molecule has 0 spiro atoms. The summed E-state index contributed by atoms with van der Waals surface area (Å²) in [6.07, 6.45) is 0. The van der Waals surface area contributed by atoms with Gasteiger partial charge in [0.05, 0.1) is 11.2 Å². The smallest absolute Gasteiger partial charge is 0.0657 e. The van der Waals surface area contributed by atoms with E-state index in [0.717, 1.165) is 26.2 Å². The Labute approximate surface area is 102 Å². The Balaban J connectivity index is 2.17. The van der Waals surface area contributed by atoms with Gasteiger partial charge in [0.15, 0.2) is 0 Å². The Morgan fingerprint density at radius 1 is 1.12 bits per heavy atom. The molecule has 0 bridgehead atoms. The van der Waals surface area contributed by atoms with Crippen LogP contribution in [0.15, 0.2) is 24.3 Å². The quantitative estimate of drug-likeness (QED) is 0.806. The minimum atomic E-state index is 1.09. The van der Waals surface area contributed by atoms with Gasteiger partial charge in [0.2, 0.25) is 0 Å². The molecule has 90 valence electrons. The van der Waals surface area contributed by atoms with Gasteiger partial charge < -0.3 is 14.8 Å². The van der Waals surface area contributed by atoms with Gasteiger partial charge in [0.1, 0.15) is 0 Å². The lowest BCUT2D eigenvalue weighted by molar-refractivity contribution is 0.589. The predicted octanol–water partition coefficient (Wildman–Crippen LogP) is 1.90. The Bertz CT molecular complexity index is 536. The second-order valence-electron chi connectivity index (χ2n) is 4.75. The van der Waals surface area contributed by atoms with Crippen LogP contribution < -0.4 is 10.2 Å². The van der Waals surface area contributed by atoms with Crippen LogP contribution in [0.1, 0.15) is 5.69 Å². The van der Waals surface area contributed by atoms with Gasteiger partial charge in [0.25, 0.3) is 0 Å². The van der Waals surface area contributed by atoms with Crippen molar-refractivity contribution in [2.24, 2.45) is 7.05 Å². The number of hydrogen-bond donors (Lipinski definition) is 1. The number of nitrogens with one attached hydrogen (secondary N) is 1. The number of anilines is 1. The number of benzene rings is 1. The molecule has 0 amide bonds. The van der Waals surface area contributed by atoms with Crippen molar-refractivity contribution in [1.29, 1.82) is 0 Å². The van der Waals surface area contributed by atoms with Gasteiger partial charge in [-0.25, -0.2) is 0 Å². The highest BCUT2D eigenvalue weighted by molar-refractivity contribution is 5.95. The van der Waals surface area contributed by atoms with Gasteiger partial charge in [-0.1, -0.05) is 18.2 Å². The molecule has 1 aliphatic rings. The molecule has 0 aliphatic carbocycles. The number of aromatic nitrogens is 1. The molecule has 2 aromatic rings. The molecule has 3 rings (SSSR count). The molecule has 1 aliphatic heterocycles. The van der Waals surface area contributed by atoms with Crippen molar-refractivity contribution in [2.45, 2.75) is 6.92 Å². The first kappa shape index (κ1) is 10.7. The number of aryl methyl sites for hydroxylation is 1. The molecule has 2 heterocycles. The monoisotopic (exact) mass is 229 g/mol. The van der Waals surface area contributed by atoms with Gasteiger partial charge in [0, 0.05) is 44.3 Å². The second kappa shape index (κ2) is 4.08. The van der Waals surface area contributed by atoms with Crippen LogP contribution in [0.4, 0.5) is 5.69 Å². The second-order valence-corrected chi connectivity index (χ2v) is 4.75. The molecule has 1 N–H and O–H groups in total. The van der Waals surface area contributed by atoms with Crippen LogP contribution in [0.2, 0.25) is 0 Å². The van der Waals surface area contributed by atoms with Crippen molar-refractivity contribution in [3.8, 4) is 0 Å². The van der Waals surface area contributed by atoms with Gasteiger partial charge in [-0.2, -0.15) is 0 Å². The van der Waals surface area contributed by atoms with E-state index in [9.17, 15) is 0 Å². The average Bonchev–Trinajstić information content (AvgIpc) is 2.64. The fraction of sp³-hybridized carbons (Fsp3) is 0.429. The summed E-state index contributed by atoms with van der Waals surface area (Å²) in [4.78, 5) is 2.51. The first-order valence-corrected chi connectivity index (χ1v) is 6.28. The molecule has 1 fully saturated rings. The van der Waals surface area contributed by atoms with E-state index in [1.54, 1.807) is 0 Å². The standard InChI is InChI=1S/C14H19N3/c1-11-14(17-9-7-15-8-10-17)12-5-3-4-6-13(12)16(11)2/h3-6,15H,7-10H2,1-2H3. The topological polar surface area (TPSA) is 20.2 Å². The van der Waals surface area contributed by atoms with Crippen LogP contribution >= 0.6 is 0 Å². The molecule has 0 atom stereocenters. The maximum atomic E-state index is 3.41. The molecule has 0 unspecified atom stereocenters. The predicted molar refractivity (Wildman–Crippen MR) is 72.7 cm³/mol. The van der Waals surface area contributed by atoms with E-state index in [4.69, 9.17) is 0 Å². The van der Waals surface area contributed by atoms with Crippen LogP contribution in [0.3, 0.4) is 0 Å². The SMILES string of the molecule is Cc1c(N2CCNCC2)c2ccccc2n1C. The van der Waals surface area contributed by atoms with Gasteiger partial charge in [-0.05, 0) is 13.0 Å². The minimum absolute atomic E-state index is 1.09. The molecule has 1 aromatic carbocycles. The molecule has 1 aromatic heterocycles. The zero-order valence-corrected chi connectivity index (χ0v) is 10.5. The van der Waals surface area contributed by atoms with Crippen molar-refractivity contribution in [2.75, 3.05) is 31.1 Å². The highest BCUT2D eigenvalue weighted by Crippen LogP contribution is 2.32. The molecule has 3 nitrogen and oxygen atoms in total. The third-order valence-electron chi connectivity index (χ3n) is 3.80. The van der Waals surface area contributed by atoms with Gasteiger partial charge >= 0.3 is 0 Å². The number of para-hydroxylation sites is 1. The van der Waals surface area contributed by atoms with Crippen LogP contribution in [-0.2, 0) is 7.05 Å². The normalized spacial score (nSPS) is 16.7. The zero-order valence-electron chi connectivity index (χ0n) is 10.5. The largest absolute Gasteiger partial charge is 0.367 e. The van der Waals surface area contributed by atoms with Crippen LogP contribution in [0.25, 0.3) is 10.9 Å². The third-order valence-corrected chi connectivity index (χ3v) is 3.80. The lowest BCUT2D eigenvalue weighted by atomic mass is 10.2. The molecular formula is C14H19N3. The van der Waals surface area contributed by atoms with E-state index >= 15 is 0 Å². The highest BCUT2D eigenvalue weighted by Gasteiger charge is 2.18. The highest BCUT2D eigenvalue weighted by atomic mass is 15.2. The number of fused-ring (bicyclic) bond motifs is 1. The number of nitrogens with zero attached hydrogens (tertiary/aromatic N) is 2. The van der Waals surface area contributed by atoms with Crippen molar-refractivity contribution >= 4 is 16.6 Å². The summed E-state index contributed by atoms with van der Waals surface area (Å²) < 4.78 is 2.30. The third kappa shape index (κ3) is 1.62. The maximum Gasteiger partial charge on any atom is 0.0657 e. The Hall–Kier alpha value is -1.48. The maximum absolute atomic E-state index is 3.41. The summed E-state index contributed by atoms with van der Waals surface area (Å²) in [7, 11) is 2.16. The first-order chi connectivity index (χ1) is 8.29. The molecule has 3 heteroatoms. The van der Waals surface area contributed by atoms with E-state index in [-0.39, 0.29) is 0 Å². The fourth-order valence-electron chi connectivity index (χ4n) is 2.79. The van der Waals surface area contributed by atoms with Crippen molar-refractivity contribution in [3.05, 3.63) is 30.0 Å². The van der Waals surface area contributed by atoms with Crippen molar-refractivity contribution in [3.63, 3.8) is 0 Å². The number of piperazine rings is 1. The average molecular weight is 229 g/mol. The van der Waals surface area contributed by atoms with E-state index in [0.29, 0.717) is 0 Å². The van der Waals surface area contributed by atoms with Gasteiger partial charge in [-0.3, -0.25) is 0 Å². The molecule has 0 saturated carbocycles. The Kier molecular flexibility index (Phi) is 2.56. The summed E-state index contributed by atoms with van der Waals surface area (Å²) in [5.41, 5.74) is 4.12. The molecular weight excluding hydrogens is 210 g/mol. The first-order valence-electron chi connectivity index (χ1n) is 6.28. The van der Waals surface area contributed by atoms with Crippen LogP contribution in [-0.4, -0.2) is 30.7 Å². The van der Waals surface area contributed by atoms with Crippen LogP contribution in [0, 0.1) is 6.92 Å². The Morgan fingerprint density at radius 3 is 2.59 bits per heavy atom. The lowest BCUT2D eigenvalue weighted by Gasteiger charge is -2.29. The molecule has 0 radical (unpaired) electrons. The number of rotatable bonds is 1. The summed E-state index contributed by atoms with van der Waals surface area (Å²) in [5, 5.41) is 4.79. The summed E-state index contributed by atoms with van der Waals surface area (Å²) >= 11 is 0. The minimum Gasteiger partial charge on any atom is -0.367 e. The van der Waals surface area contributed by atoms with Crippen molar-refractivity contribution < 1.29 is 0 Å². The van der Waals surface area contributed by atoms with E-state index in [1.165, 1.54) is 22.3 Å². The van der Waals surface area contributed by atoms with Crippen LogP contribution in [0.5, 0.6) is 0 Å². The zero-order chi connectivity index (χ0) is 11.8. The van der Waals surface area contributed by atoms with E-state index in [2.05, 4.69) is 53.0 Å². The Morgan fingerprint density at radius 2 is 1.82 bits per heavy atom. The van der Waals surface area contributed by atoms with Gasteiger partial charge in [-0.15, -0.1) is 0 Å². The fourth-order valence-corrected chi connectivity index (χ4v) is 2.79. The van der Waals surface area contributed by atoms with Crippen molar-refractivity contribution in [1.82, 2.24) is 9.88 Å². The summed E-state index contributed by atoms with van der Waals surface area (Å²) in [5.74, 6) is 0. The number of hydrogen-bond acceptors (Lipinski definition) is 2. The molecule has 17 heavy (non-hydrogen) atoms.